The van der Waals surface area contributed by atoms with Crippen LogP contribution in [-0.4, -0.2) is 57.7 Å². The van der Waals surface area contributed by atoms with E-state index in [4.69, 9.17) is 13.0 Å². The van der Waals surface area contributed by atoms with Gasteiger partial charge in [-0.15, -0.1) is 0 Å². The molecule has 0 atom stereocenters. The van der Waals surface area contributed by atoms with E-state index in [1.807, 2.05) is 0 Å². The fourth-order valence-corrected chi connectivity index (χ4v) is 22.8. The zero-order chi connectivity index (χ0) is 30.5. The Morgan fingerprint density at radius 1 is 0.400 bits per heavy atom. The van der Waals surface area contributed by atoms with Gasteiger partial charge < -0.3 is 0 Å². The SMILES string of the molecule is CCCCP(CCCC)(CCCC)(CCCC)OOS(=O)(=O)OP(CCCC)(CCCC)(CCCC)CCCC. The molecule has 0 amide bonds. The van der Waals surface area contributed by atoms with Crippen LogP contribution in [0.2, 0.25) is 0 Å². The molecule has 0 rings (SSSR count). The van der Waals surface area contributed by atoms with Gasteiger partial charge in [-0.05, 0) is 0 Å². The summed E-state index contributed by atoms with van der Waals surface area (Å²) in [5.41, 5.74) is 0. The van der Waals surface area contributed by atoms with Crippen LogP contribution in [0.1, 0.15) is 158 Å². The summed E-state index contributed by atoms with van der Waals surface area (Å²) in [5.74, 6) is 0. The molecule has 0 fully saturated rings. The maximum atomic E-state index is 14.1. The van der Waals surface area contributed by atoms with E-state index < -0.39 is 24.1 Å². The average molecular weight is 631 g/mol. The Bertz CT molecular complexity index is 657. The van der Waals surface area contributed by atoms with Crippen molar-refractivity contribution in [2.24, 2.45) is 0 Å². The molecule has 0 heterocycles. The van der Waals surface area contributed by atoms with Gasteiger partial charge in [0.1, 0.15) is 0 Å². The fourth-order valence-electron chi connectivity index (χ4n) is 6.50. The molecule has 0 aliphatic rings. The molecule has 5 nitrogen and oxygen atoms in total. The van der Waals surface area contributed by atoms with E-state index in [1.165, 1.54) is 0 Å². The quantitative estimate of drug-likeness (QED) is 0.0467. The molecule has 0 aliphatic heterocycles. The van der Waals surface area contributed by atoms with E-state index in [2.05, 4.69) is 55.4 Å². The summed E-state index contributed by atoms with van der Waals surface area (Å²) in [5, 5.41) is 0. The van der Waals surface area contributed by atoms with Crippen LogP contribution >= 0.6 is 13.7 Å². The van der Waals surface area contributed by atoms with E-state index in [9.17, 15) is 8.42 Å². The molecule has 0 bridgehead atoms. The van der Waals surface area contributed by atoms with Crippen LogP contribution in [0.4, 0.5) is 0 Å². The molecule has 0 aromatic rings. The molecular formula is C32H72O5P2S. The molecule has 0 saturated carbocycles. The molecule has 0 aromatic heterocycles. The van der Waals surface area contributed by atoms with Crippen molar-refractivity contribution in [2.75, 3.05) is 49.3 Å². The average Bonchev–Trinajstić information content (AvgIpc) is 2.96. The maximum absolute atomic E-state index is 14.1. The molecule has 40 heavy (non-hydrogen) atoms. The van der Waals surface area contributed by atoms with Gasteiger partial charge in [-0.3, -0.25) is 0 Å². The fraction of sp³-hybridized carbons (Fsp3) is 1.00. The molecule has 0 aliphatic carbocycles. The predicted molar refractivity (Wildman–Crippen MR) is 184 cm³/mol. The van der Waals surface area contributed by atoms with Gasteiger partial charge in [-0.1, -0.05) is 0 Å². The second-order valence-electron chi connectivity index (χ2n) is 13.0. The monoisotopic (exact) mass is 630 g/mol. The first-order valence-corrected chi connectivity index (χ1v) is 24.5. The number of hydrogen-bond donors (Lipinski definition) is 0. The van der Waals surface area contributed by atoms with Crippen LogP contribution in [0.3, 0.4) is 0 Å². The van der Waals surface area contributed by atoms with Crippen LogP contribution in [0.25, 0.3) is 0 Å². The van der Waals surface area contributed by atoms with Gasteiger partial charge in [-0.25, -0.2) is 0 Å². The van der Waals surface area contributed by atoms with Crippen molar-refractivity contribution in [1.82, 2.24) is 0 Å². The molecular weight excluding hydrogens is 558 g/mol. The van der Waals surface area contributed by atoms with Gasteiger partial charge in [0.15, 0.2) is 0 Å². The van der Waals surface area contributed by atoms with Gasteiger partial charge in [-0.2, -0.15) is 0 Å². The third kappa shape index (κ3) is 13.5. The first-order chi connectivity index (χ1) is 19.0. The third-order valence-corrected chi connectivity index (χ3v) is 24.1. The Labute approximate surface area is 252 Å². The minimum absolute atomic E-state index is 0.881. The molecule has 0 aromatic carbocycles. The summed E-state index contributed by atoms with van der Waals surface area (Å²) >= 11 is 0. The van der Waals surface area contributed by atoms with Crippen LogP contribution in [-0.2, 0) is 23.4 Å². The first kappa shape index (κ1) is 40.7. The molecule has 0 saturated heterocycles. The molecule has 0 N–H and O–H groups in total. The van der Waals surface area contributed by atoms with Crippen LogP contribution < -0.4 is 0 Å². The molecule has 0 spiro atoms. The summed E-state index contributed by atoms with van der Waals surface area (Å²) in [7, 11) is -4.32. The van der Waals surface area contributed by atoms with Crippen molar-refractivity contribution < 1.29 is 21.4 Å². The Morgan fingerprint density at radius 3 is 0.850 bits per heavy atom. The third-order valence-electron chi connectivity index (χ3n) is 9.25. The Morgan fingerprint density at radius 2 is 0.625 bits per heavy atom. The topological polar surface area (TPSA) is 61.8 Å². The van der Waals surface area contributed by atoms with Crippen LogP contribution in [0.15, 0.2) is 0 Å². The van der Waals surface area contributed by atoms with Crippen molar-refractivity contribution in [2.45, 2.75) is 158 Å². The van der Waals surface area contributed by atoms with Gasteiger partial charge in [0.25, 0.3) is 0 Å². The number of hydrogen-bond acceptors (Lipinski definition) is 5. The Kier molecular flexibility index (Phi) is 21.0. The van der Waals surface area contributed by atoms with Gasteiger partial charge >= 0.3 is 253 Å². The minimum atomic E-state index is -4.32. The molecule has 8 heteroatoms. The van der Waals surface area contributed by atoms with Crippen LogP contribution in [0.5, 0.6) is 0 Å². The van der Waals surface area contributed by atoms with E-state index in [0.29, 0.717) is 0 Å². The van der Waals surface area contributed by atoms with Crippen molar-refractivity contribution in [1.29, 1.82) is 0 Å². The standard InChI is InChI=1S/C32H72O5P2S/c1-9-17-25-38(26-18-10-2,27-19-11-3,28-20-12-4)35-36-40(33,34)37-39(29-21-13-5,30-22-14-6,31-23-15-7)32-24-16-8/h9-32H2,1-8H3. The van der Waals surface area contributed by atoms with Crippen molar-refractivity contribution in [3.63, 3.8) is 0 Å². The zero-order valence-electron chi connectivity index (χ0n) is 28.3. The molecule has 0 radical (unpaired) electrons. The van der Waals surface area contributed by atoms with Crippen molar-refractivity contribution in [3.05, 3.63) is 0 Å². The Balaban J connectivity index is 6.72. The second-order valence-corrected chi connectivity index (χ2v) is 25.7. The Hall–Kier alpha value is 0.690. The summed E-state index contributed by atoms with van der Waals surface area (Å²) in [4.78, 5) is 0. The number of rotatable bonds is 29. The van der Waals surface area contributed by atoms with E-state index in [1.54, 1.807) is 0 Å². The summed E-state index contributed by atoms with van der Waals surface area (Å²) in [6.07, 6.45) is 24.1. The summed E-state index contributed by atoms with van der Waals surface area (Å²) < 4.78 is 47.3. The van der Waals surface area contributed by atoms with Crippen LogP contribution in [0, 0.1) is 0 Å². The summed E-state index contributed by atoms with van der Waals surface area (Å²) in [6.45, 7) is 11.7. The van der Waals surface area contributed by atoms with Crippen molar-refractivity contribution in [3.8, 4) is 0 Å². The van der Waals surface area contributed by atoms with Gasteiger partial charge in [0.05, 0.1) is 0 Å². The van der Waals surface area contributed by atoms with Gasteiger partial charge in [0.2, 0.25) is 0 Å². The van der Waals surface area contributed by atoms with Crippen molar-refractivity contribution >= 4 is 24.1 Å². The normalized spacial score (nSPS) is 15.0. The molecule has 0 unspecified atom stereocenters. The van der Waals surface area contributed by atoms with Gasteiger partial charge in [0, 0.05) is 0 Å². The van der Waals surface area contributed by atoms with E-state index >= 15 is 0 Å². The van der Waals surface area contributed by atoms with E-state index in [0.717, 1.165) is 152 Å². The number of unbranched alkanes of at least 4 members (excludes halogenated alkanes) is 8. The van der Waals surface area contributed by atoms with E-state index in [-0.39, 0.29) is 0 Å². The second kappa shape index (κ2) is 20.6. The zero-order valence-corrected chi connectivity index (χ0v) is 30.9. The summed E-state index contributed by atoms with van der Waals surface area (Å²) in [6, 6.07) is 0. The predicted octanol–water partition coefficient (Wildman–Crippen LogP) is 11.5. The first-order valence-electron chi connectivity index (χ1n) is 17.4. The molecule has 246 valence electrons.